The van der Waals surface area contributed by atoms with Crippen molar-refractivity contribution in [1.29, 1.82) is 0 Å². The van der Waals surface area contributed by atoms with Crippen molar-refractivity contribution < 1.29 is 23.8 Å². The van der Waals surface area contributed by atoms with Crippen LogP contribution in [0.25, 0.3) is 11.8 Å². The molecule has 0 unspecified atom stereocenters. The molecule has 6 nitrogen and oxygen atoms in total. The van der Waals surface area contributed by atoms with Gasteiger partial charge in [0.2, 0.25) is 0 Å². The lowest BCUT2D eigenvalue weighted by Gasteiger charge is -2.29. The number of hydrogen-bond acceptors (Lipinski definition) is 5. The molecule has 2 heterocycles. The fraction of sp³-hybridized carbons (Fsp3) is 0.294. The molecule has 0 amide bonds. The highest BCUT2D eigenvalue weighted by Crippen LogP contribution is 2.30. The monoisotopic (exact) mass is 315 g/mol. The molecule has 1 N–H and O–H groups in total. The zero-order valence-electron chi connectivity index (χ0n) is 13.1. The van der Waals surface area contributed by atoms with Gasteiger partial charge >= 0.3 is 11.9 Å². The zero-order chi connectivity index (χ0) is 16.6. The van der Waals surface area contributed by atoms with E-state index in [4.69, 9.17) is 14.2 Å². The number of aromatic nitrogens is 1. The van der Waals surface area contributed by atoms with E-state index < -0.39 is 17.7 Å². The smallest absolute Gasteiger partial charge is 0.348 e. The summed E-state index contributed by atoms with van der Waals surface area (Å²) in [5.41, 5.74) is 2.28. The predicted octanol–water partition coefficient (Wildman–Crippen LogP) is 2.33. The van der Waals surface area contributed by atoms with Crippen molar-refractivity contribution in [3.8, 4) is 0 Å². The molecule has 3 rings (SSSR count). The number of hydrogen-bond donors (Lipinski definition) is 1. The molecule has 0 radical (unpaired) electrons. The van der Waals surface area contributed by atoms with Crippen molar-refractivity contribution in [3.05, 3.63) is 46.8 Å². The Bertz CT molecular complexity index is 742. The van der Waals surface area contributed by atoms with Crippen molar-refractivity contribution in [1.82, 2.24) is 4.98 Å². The SMILES string of the molecule is COC1=CC=CCc2[nH]cc(C=C3C(=O)OC(C)(C)OC3=O)c21. The lowest BCUT2D eigenvalue weighted by atomic mass is 10.0. The number of cyclic esters (lactones) is 2. The highest BCUT2D eigenvalue weighted by Gasteiger charge is 2.39. The van der Waals surface area contributed by atoms with Gasteiger partial charge in [0, 0.05) is 43.3 Å². The molecule has 1 aliphatic heterocycles. The number of fused-ring (bicyclic) bond motifs is 1. The highest BCUT2D eigenvalue weighted by atomic mass is 16.7. The van der Waals surface area contributed by atoms with E-state index in [-0.39, 0.29) is 5.57 Å². The molecular formula is C17H17NO5. The molecule has 0 spiro atoms. The predicted molar refractivity (Wildman–Crippen MR) is 82.9 cm³/mol. The van der Waals surface area contributed by atoms with Crippen molar-refractivity contribution in [2.75, 3.05) is 7.11 Å². The Morgan fingerprint density at radius 3 is 2.61 bits per heavy atom. The van der Waals surface area contributed by atoms with Gasteiger partial charge in [-0.25, -0.2) is 9.59 Å². The third-order valence-corrected chi connectivity index (χ3v) is 3.58. The number of rotatable bonds is 2. The average molecular weight is 315 g/mol. The van der Waals surface area contributed by atoms with Gasteiger partial charge in [0.15, 0.2) is 0 Å². The van der Waals surface area contributed by atoms with Gasteiger partial charge in [0.05, 0.1) is 7.11 Å². The van der Waals surface area contributed by atoms with Crippen LogP contribution in [0, 0.1) is 0 Å². The minimum Gasteiger partial charge on any atom is -0.496 e. The molecule has 1 aliphatic carbocycles. The van der Waals surface area contributed by atoms with E-state index in [1.807, 2.05) is 18.2 Å². The van der Waals surface area contributed by atoms with Crippen LogP contribution in [-0.4, -0.2) is 29.8 Å². The zero-order valence-corrected chi connectivity index (χ0v) is 13.1. The summed E-state index contributed by atoms with van der Waals surface area (Å²) in [5.74, 6) is -1.99. The first-order valence-corrected chi connectivity index (χ1v) is 7.21. The quantitative estimate of drug-likeness (QED) is 0.515. The molecule has 0 saturated carbocycles. The van der Waals surface area contributed by atoms with E-state index in [1.54, 1.807) is 13.3 Å². The largest absolute Gasteiger partial charge is 0.496 e. The number of esters is 2. The van der Waals surface area contributed by atoms with Gasteiger partial charge in [-0.05, 0) is 12.2 Å². The molecule has 120 valence electrons. The number of aromatic amines is 1. The van der Waals surface area contributed by atoms with E-state index in [0.717, 1.165) is 11.3 Å². The summed E-state index contributed by atoms with van der Waals surface area (Å²) in [6.07, 6.45) is 9.61. The van der Waals surface area contributed by atoms with Crippen LogP contribution in [-0.2, 0) is 30.2 Å². The van der Waals surface area contributed by atoms with Crippen LogP contribution in [0.2, 0.25) is 0 Å². The first-order valence-electron chi connectivity index (χ1n) is 7.21. The van der Waals surface area contributed by atoms with Crippen LogP contribution in [0.15, 0.2) is 30.0 Å². The second-order valence-corrected chi connectivity index (χ2v) is 5.70. The summed E-state index contributed by atoms with van der Waals surface area (Å²) in [5, 5.41) is 0. The van der Waals surface area contributed by atoms with Crippen LogP contribution in [0.1, 0.15) is 30.7 Å². The number of methoxy groups -OCH3 is 1. The van der Waals surface area contributed by atoms with Gasteiger partial charge < -0.3 is 19.2 Å². The maximum Gasteiger partial charge on any atom is 0.348 e. The van der Waals surface area contributed by atoms with Crippen LogP contribution >= 0.6 is 0 Å². The minimum atomic E-state index is -1.25. The van der Waals surface area contributed by atoms with Crippen LogP contribution in [0.4, 0.5) is 0 Å². The van der Waals surface area contributed by atoms with Gasteiger partial charge in [-0.15, -0.1) is 0 Å². The van der Waals surface area contributed by atoms with Gasteiger partial charge in [-0.1, -0.05) is 12.2 Å². The molecular weight excluding hydrogens is 298 g/mol. The van der Waals surface area contributed by atoms with Crippen molar-refractivity contribution >= 4 is 23.8 Å². The summed E-state index contributed by atoms with van der Waals surface area (Å²) in [7, 11) is 1.57. The number of carbonyl (C=O) groups is 2. The fourth-order valence-electron chi connectivity index (χ4n) is 2.58. The maximum atomic E-state index is 12.1. The topological polar surface area (TPSA) is 77.6 Å². The van der Waals surface area contributed by atoms with Gasteiger partial charge in [0.1, 0.15) is 11.3 Å². The molecule has 1 fully saturated rings. The molecule has 0 bridgehead atoms. The standard InChI is InChI=1S/C17H17NO5/c1-17(2)22-15(19)11(16(20)23-17)8-10-9-18-12-6-4-5-7-13(21-3)14(10)12/h4-5,7-9,18H,6H2,1-3H3. The fourth-order valence-corrected chi connectivity index (χ4v) is 2.58. The number of ether oxygens (including phenoxy) is 3. The molecule has 2 aliphatic rings. The van der Waals surface area contributed by atoms with Crippen molar-refractivity contribution in [2.24, 2.45) is 0 Å². The lowest BCUT2D eigenvalue weighted by Crippen LogP contribution is -2.41. The molecule has 0 aromatic carbocycles. The number of nitrogens with one attached hydrogen (secondary N) is 1. The Labute approximate surface area is 133 Å². The first-order chi connectivity index (χ1) is 10.9. The Morgan fingerprint density at radius 2 is 1.96 bits per heavy atom. The second kappa shape index (κ2) is 5.46. The summed E-state index contributed by atoms with van der Waals surface area (Å²) in [6.45, 7) is 3.03. The highest BCUT2D eigenvalue weighted by molar-refractivity contribution is 6.19. The number of carbonyl (C=O) groups excluding carboxylic acids is 2. The minimum absolute atomic E-state index is 0.140. The van der Waals surface area contributed by atoms with Crippen molar-refractivity contribution in [2.45, 2.75) is 26.1 Å². The lowest BCUT2D eigenvalue weighted by molar-refractivity contribution is -0.222. The molecule has 1 aromatic heterocycles. The third-order valence-electron chi connectivity index (χ3n) is 3.58. The molecule has 23 heavy (non-hydrogen) atoms. The second-order valence-electron chi connectivity index (χ2n) is 5.70. The van der Waals surface area contributed by atoms with E-state index in [1.165, 1.54) is 19.9 Å². The number of allylic oxidation sites excluding steroid dienone is 3. The summed E-state index contributed by atoms with van der Waals surface area (Å²) in [4.78, 5) is 27.3. The van der Waals surface area contributed by atoms with E-state index in [0.29, 0.717) is 17.7 Å². The molecule has 1 aromatic rings. The van der Waals surface area contributed by atoms with E-state index in [9.17, 15) is 9.59 Å². The first kappa shape index (κ1) is 15.1. The van der Waals surface area contributed by atoms with Gasteiger partial charge in [-0.2, -0.15) is 0 Å². The summed E-state index contributed by atoms with van der Waals surface area (Å²) >= 11 is 0. The van der Waals surface area contributed by atoms with Gasteiger partial charge in [0.25, 0.3) is 5.79 Å². The average Bonchev–Trinajstić information content (AvgIpc) is 2.73. The van der Waals surface area contributed by atoms with Crippen LogP contribution in [0.3, 0.4) is 0 Å². The molecule has 0 atom stereocenters. The van der Waals surface area contributed by atoms with Gasteiger partial charge in [-0.3, -0.25) is 0 Å². The van der Waals surface area contributed by atoms with E-state index >= 15 is 0 Å². The Balaban J connectivity index is 2.03. The van der Waals surface area contributed by atoms with E-state index in [2.05, 4.69) is 4.98 Å². The molecule has 6 heteroatoms. The molecule has 1 saturated heterocycles. The third kappa shape index (κ3) is 2.79. The maximum absolute atomic E-state index is 12.1. The summed E-state index contributed by atoms with van der Waals surface area (Å²) < 4.78 is 15.6. The summed E-state index contributed by atoms with van der Waals surface area (Å²) in [6, 6.07) is 0. The number of H-pyrrole nitrogens is 1. The van der Waals surface area contributed by atoms with Crippen molar-refractivity contribution in [3.63, 3.8) is 0 Å². The Kier molecular flexibility index (Phi) is 3.60. The van der Waals surface area contributed by atoms with Crippen LogP contribution < -0.4 is 0 Å². The Hall–Kier alpha value is -2.76. The normalized spacial score (nSPS) is 19.3. The van der Waals surface area contributed by atoms with Crippen LogP contribution in [0.5, 0.6) is 0 Å². The Morgan fingerprint density at radius 1 is 1.26 bits per heavy atom.